The summed E-state index contributed by atoms with van der Waals surface area (Å²) in [6, 6.07) is 6.10. The van der Waals surface area contributed by atoms with E-state index in [-0.39, 0.29) is 18.0 Å². The summed E-state index contributed by atoms with van der Waals surface area (Å²) >= 11 is 6.47. The van der Waals surface area contributed by atoms with Crippen LogP contribution in [0.1, 0.15) is 31.2 Å². The van der Waals surface area contributed by atoms with E-state index in [1.807, 2.05) is 0 Å². The van der Waals surface area contributed by atoms with E-state index in [2.05, 4.69) is 0 Å². The first-order valence-corrected chi connectivity index (χ1v) is 9.49. The number of nitrogens with zero attached hydrogens (tertiary/aromatic N) is 2. The molecule has 9 heteroatoms. The van der Waals surface area contributed by atoms with Crippen molar-refractivity contribution in [1.29, 1.82) is 0 Å². The van der Waals surface area contributed by atoms with Gasteiger partial charge in [-0.25, -0.2) is 0 Å². The zero-order chi connectivity index (χ0) is 19.8. The second-order valence-electron chi connectivity index (χ2n) is 5.77. The summed E-state index contributed by atoms with van der Waals surface area (Å²) in [6.07, 6.45) is 7.27. The third kappa shape index (κ3) is 6.30. The number of allylic oxidation sites excluding steroid dienone is 2. The number of carbonyl (C=O) groups is 2. The van der Waals surface area contributed by atoms with Crippen molar-refractivity contribution >= 4 is 51.9 Å². The first kappa shape index (κ1) is 20.8. The number of carboxylic acids is 1. The van der Waals surface area contributed by atoms with Crippen molar-refractivity contribution in [2.75, 3.05) is 6.54 Å². The second kappa shape index (κ2) is 9.98. The molecule has 1 aliphatic heterocycles. The molecule has 1 N–H and O–H groups in total. The van der Waals surface area contributed by atoms with Gasteiger partial charge in [-0.05, 0) is 36.6 Å². The van der Waals surface area contributed by atoms with Crippen molar-refractivity contribution in [2.24, 2.45) is 0 Å². The van der Waals surface area contributed by atoms with Gasteiger partial charge in [0.2, 0.25) is 0 Å². The summed E-state index contributed by atoms with van der Waals surface area (Å²) in [4.78, 5) is 35.1. The number of nitro benzene ring substituents is 1. The van der Waals surface area contributed by atoms with Crippen molar-refractivity contribution in [3.05, 3.63) is 57.0 Å². The van der Waals surface area contributed by atoms with Crippen LogP contribution in [0.4, 0.5) is 5.69 Å². The maximum atomic E-state index is 12.4. The highest BCUT2D eigenvalue weighted by Crippen LogP contribution is 2.31. The summed E-state index contributed by atoms with van der Waals surface area (Å²) in [6.45, 7) is 0.480. The van der Waals surface area contributed by atoms with E-state index >= 15 is 0 Å². The molecule has 1 heterocycles. The number of thiocarbonyl (C=S) groups is 1. The first-order chi connectivity index (χ1) is 12.9. The molecule has 1 fully saturated rings. The quantitative estimate of drug-likeness (QED) is 0.217. The Labute approximate surface area is 165 Å². The average molecular weight is 406 g/mol. The molecule has 0 saturated carbocycles. The van der Waals surface area contributed by atoms with Crippen LogP contribution >= 0.6 is 24.0 Å². The topological polar surface area (TPSA) is 101 Å². The van der Waals surface area contributed by atoms with Gasteiger partial charge in [-0.2, -0.15) is 0 Å². The molecule has 0 spiro atoms. The van der Waals surface area contributed by atoms with Gasteiger partial charge in [0.25, 0.3) is 11.6 Å². The van der Waals surface area contributed by atoms with E-state index in [4.69, 9.17) is 17.3 Å². The fraction of sp³-hybridized carbons (Fsp3) is 0.278. The number of nitro groups is 1. The average Bonchev–Trinajstić information content (AvgIpc) is 2.89. The summed E-state index contributed by atoms with van der Waals surface area (Å²) < 4.78 is 0.494. The highest BCUT2D eigenvalue weighted by molar-refractivity contribution is 8.26. The molecule has 1 amide bonds. The van der Waals surface area contributed by atoms with Gasteiger partial charge in [-0.3, -0.25) is 24.6 Å². The molecule has 27 heavy (non-hydrogen) atoms. The molecule has 1 saturated heterocycles. The van der Waals surface area contributed by atoms with Gasteiger partial charge in [-0.15, -0.1) is 0 Å². The largest absolute Gasteiger partial charge is 0.481 e. The number of unbranched alkanes of at least 4 members (excludes halogenated alkanes) is 2. The Balaban J connectivity index is 1.89. The van der Waals surface area contributed by atoms with Crippen LogP contribution < -0.4 is 0 Å². The summed E-state index contributed by atoms with van der Waals surface area (Å²) in [5.74, 6) is -0.972. The minimum atomic E-state index is -0.816. The SMILES string of the molecule is O=C(O)CCCCCN1C(=O)/C(=C/C=C\c2ccc([N+](=O)[O-])cc2)SC1=S. The van der Waals surface area contributed by atoms with E-state index in [0.717, 1.165) is 12.0 Å². The number of rotatable bonds is 9. The Hall–Kier alpha value is -2.52. The smallest absolute Gasteiger partial charge is 0.303 e. The van der Waals surface area contributed by atoms with Gasteiger partial charge in [0.05, 0.1) is 9.83 Å². The van der Waals surface area contributed by atoms with E-state index in [0.29, 0.717) is 28.6 Å². The lowest BCUT2D eigenvalue weighted by Gasteiger charge is -2.13. The van der Waals surface area contributed by atoms with E-state index in [9.17, 15) is 19.7 Å². The minimum Gasteiger partial charge on any atom is -0.481 e. The molecule has 0 radical (unpaired) electrons. The maximum absolute atomic E-state index is 12.4. The molecule has 7 nitrogen and oxygen atoms in total. The van der Waals surface area contributed by atoms with Gasteiger partial charge in [0, 0.05) is 25.1 Å². The van der Waals surface area contributed by atoms with Crippen LogP contribution in [0, 0.1) is 10.1 Å². The van der Waals surface area contributed by atoms with Crippen LogP contribution in [0.25, 0.3) is 6.08 Å². The van der Waals surface area contributed by atoms with Crippen LogP contribution in [-0.4, -0.2) is 37.7 Å². The molecule has 0 aliphatic carbocycles. The molecular weight excluding hydrogens is 388 g/mol. The second-order valence-corrected chi connectivity index (χ2v) is 7.44. The highest BCUT2D eigenvalue weighted by atomic mass is 32.2. The number of non-ortho nitro benzene ring substituents is 1. The third-order valence-electron chi connectivity index (χ3n) is 3.79. The lowest BCUT2D eigenvalue weighted by atomic mass is 10.2. The van der Waals surface area contributed by atoms with Crippen LogP contribution in [0.2, 0.25) is 0 Å². The van der Waals surface area contributed by atoms with Gasteiger partial charge in [0.1, 0.15) is 4.32 Å². The number of carboxylic acid groups (broad SMARTS) is 1. The molecule has 1 aromatic carbocycles. The van der Waals surface area contributed by atoms with Crippen molar-refractivity contribution in [3.8, 4) is 0 Å². The fourth-order valence-electron chi connectivity index (χ4n) is 2.38. The Kier molecular flexibility index (Phi) is 7.68. The zero-order valence-corrected chi connectivity index (χ0v) is 16.0. The third-order valence-corrected chi connectivity index (χ3v) is 5.18. The van der Waals surface area contributed by atoms with Gasteiger partial charge < -0.3 is 5.11 Å². The van der Waals surface area contributed by atoms with Crippen LogP contribution in [-0.2, 0) is 9.59 Å². The monoisotopic (exact) mass is 406 g/mol. The first-order valence-electron chi connectivity index (χ1n) is 8.27. The normalized spacial score (nSPS) is 15.9. The Bertz CT molecular complexity index is 802. The van der Waals surface area contributed by atoms with Gasteiger partial charge in [-0.1, -0.05) is 42.6 Å². The Morgan fingerprint density at radius 3 is 2.59 bits per heavy atom. The molecule has 0 unspecified atom stereocenters. The lowest BCUT2D eigenvalue weighted by molar-refractivity contribution is -0.384. The number of thioether (sulfide) groups is 1. The van der Waals surface area contributed by atoms with Crippen LogP contribution in [0.5, 0.6) is 0 Å². The standard InChI is InChI=1S/C18H18N2O5S2/c21-16(22)7-2-1-3-12-19-17(23)15(27-18(19)26)6-4-5-13-8-10-14(11-9-13)20(24)25/h4-6,8-11H,1-3,7,12H2,(H,21,22)/b5-4-,15-6-. The molecule has 1 aromatic rings. The molecule has 0 bridgehead atoms. The van der Waals surface area contributed by atoms with E-state index < -0.39 is 10.9 Å². The van der Waals surface area contributed by atoms with Crippen molar-refractivity contribution in [3.63, 3.8) is 0 Å². The van der Waals surface area contributed by atoms with Gasteiger partial charge >= 0.3 is 5.97 Å². The molecule has 2 rings (SSSR count). The lowest BCUT2D eigenvalue weighted by Crippen LogP contribution is -2.29. The van der Waals surface area contributed by atoms with Gasteiger partial charge in [0.15, 0.2) is 0 Å². The minimum absolute atomic E-state index is 0.0244. The van der Waals surface area contributed by atoms with Crippen LogP contribution in [0.15, 0.2) is 41.3 Å². The van der Waals surface area contributed by atoms with E-state index in [1.165, 1.54) is 28.8 Å². The van der Waals surface area contributed by atoms with E-state index in [1.54, 1.807) is 30.4 Å². The number of hydrogen-bond donors (Lipinski definition) is 1. The summed E-state index contributed by atoms with van der Waals surface area (Å²) in [5.41, 5.74) is 0.808. The highest BCUT2D eigenvalue weighted by Gasteiger charge is 2.30. The Morgan fingerprint density at radius 1 is 1.26 bits per heavy atom. The summed E-state index contributed by atoms with van der Waals surface area (Å²) in [5, 5.41) is 19.2. The number of amides is 1. The molecule has 1 aliphatic rings. The zero-order valence-electron chi connectivity index (χ0n) is 14.4. The number of hydrogen-bond acceptors (Lipinski definition) is 6. The van der Waals surface area contributed by atoms with Crippen molar-refractivity contribution < 1.29 is 19.6 Å². The molecule has 0 atom stereocenters. The molecular formula is C18H18N2O5S2. The summed E-state index contributed by atoms with van der Waals surface area (Å²) in [7, 11) is 0. The van der Waals surface area contributed by atoms with Crippen molar-refractivity contribution in [2.45, 2.75) is 25.7 Å². The molecule has 142 valence electrons. The van der Waals surface area contributed by atoms with Crippen molar-refractivity contribution in [1.82, 2.24) is 4.90 Å². The molecule has 0 aromatic heterocycles. The maximum Gasteiger partial charge on any atom is 0.303 e. The number of benzene rings is 1. The predicted molar refractivity (Wildman–Crippen MR) is 108 cm³/mol. The fourth-order valence-corrected chi connectivity index (χ4v) is 3.64. The Morgan fingerprint density at radius 2 is 1.96 bits per heavy atom. The number of aliphatic carboxylic acids is 1. The van der Waals surface area contributed by atoms with Crippen LogP contribution in [0.3, 0.4) is 0 Å². The predicted octanol–water partition coefficient (Wildman–Crippen LogP) is 4.00. The number of carbonyl (C=O) groups excluding carboxylic acids is 1.